The molecule has 0 amide bonds. The van der Waals surface area contributed by atoms with E-state index in [1.165, 1.54) is 7.11 Å². The number of rotatable bonds is 5. The number of hydrogen-bond donors (Lipinski definition) is 2. The van der Waals surface area contributed by atoms with Gasteiger partial charge in [0.2, 0.25) is 0 Å². The maximum atomic E-state index is 11.5. The van der Waals surface area contributed by atoms with Crippen LogP contribution in [0.2, 0.25) is 0 Å². The molecular formula is C14H20N2O3. The third-order valence-corrected chi connectivity index (χ3v) is 3.15. The molecule has 5 heteroatoms. The Balaban J connectivity index is 2.08. The minimum atomic E-state index is -0.311. The van der Waals surface area contributed by atoms with Crippen molar-refractivity contribution in [1.82, 2.24) is 10.9 Å². The third-order valence-electron chi connectivity index (χ3n) is 3.15. The van der Waals surface area contributed by atoms with Crippen molar-refractivity contribution in [2.75, 3.05) is 13.7 Å². The van der Waals surface area contributed by atoms with Gasteiger partial charge in [-0.1, -0.05) is 25.1 Å². The van der Waals surface area contributed by atoms with Crippen LogP contribution in [0, 0.1) is 0 Å². The van der Waals surface area contributed by atoms with Gasteiger partial charge in [0.1, 0.15) is 11.8 Å². The highest BCUT2D eigenvalue weighted by Crippen LogP contribution is 2.30. The summed E-state index contributed by atoms with van der Waals surface area (Å²) in [6.07, 6.45) is 1.62. The second-order valence-corrected chi connectivity index (χ2v) is 4.54. The largest absolute Gasteiger partial charge is 0.493 e. The summed E-state index contributed by atoms with van der Waals surface area (Å²) in [5.41, 5.74) is 7.15. The number of carbonyl (C=O) groups excluding carboxylic acids is 1. The van der Waals surface area contributed by atoms with E-state index in [1.807, 2.05) is 24.3 Å². The number of hydrazine groups is 1. The van der Waals surface area contributed by atoms with Crippen LogP contribution in [0.25, 0.3) is 0 Å². The number of esters is 1. The van der Waals surface area contributed by atoms with Crippen LogP contribution in [-0.4, -0.2) is 25.7 Å². The van der Waals surface area contributed by atoms with Gasteiger partial charge < -0.3 is 9.47 Å². The lowest BCUT2D eigenvalue weighted by atomic mass is 10.0. The normalized spacial score (nSPS) is 22.2. The monoisotopic (exact) mass is 264 g/mol. The van der Waals surface area contributed by atoms with Crippen molar-refractivity contribution in [3.05, 3.63) is 29.8 Å². The fraction of sp³-hybridized carbons (Fsp3) is 0.500. The van der Waals surface area contributed by atoms with Gasteiger partial charge in [0.15, 0.2) is 0 Å². The first-order valence-electron chi connectivity index (χ1n) is 6.56. The minimum Gasteiger partial charge on any atom is -0.493 e. The summed E-state index contributed by atoms with van der Waals surface area (Å²) in [7, 11) is 1.40. The zero-order chi connectivity index (χ0) is 13.7. The molecule has 1 aromatic rings. The van der Waals surface area contributed by atoms with Crippen molar-refractivity contribution >= 4 is 5.97 Å². The molecule has 2 unspecified atom stereocenters. The number of hydrogen-bond acceptors (Lipinski definition) is 5. The number of benzene rings is 1. The Morgan fingerprint density at radius 3 is 2.89 bits per heavy atom. The van der Waals surface area contributed by atoms with Crippen LogP contribution < -0.4 is 15.6 Å². The molecule has 2 rings (SSSR count). The molecule has 1 aromatic carbocycles. The van der Waals surface area contributed by atoms with Gasteiger partial charge in [0, 0.05) is 5.56 Å². The predicted molar refractivity (Wildman–Crippen MR) is 71.7 cm³/mol. The van der Waals surface area contributed by atoms with E-state index in [2.05, 4.69) is 17.8 Å². The van der Waals surface area contributed by atoms with Crippen LogP contribution in [0.4, 0.5) is 0 Å². The van der Waals surface area contributed by atoms with Gasteiger partial charge in [-0.3, -0.25) is 4.79 Å². The Bertz CT molecular complexity index is 436. The minimum absolute atomic E-state index is 0.0529. The van der Waals surface area contributed by atoms with E-state index in [1.54, 1.807) is 0 Å². The highest BCUT2D eigenvalue weighted by atomic mass is 16.5. The second kappa shape index (κ2) is 6.54. The Hall–Kier alpha value is -1.59. The Morgan fingerprint density at radius 1 is 1.37 bits per heavy atom. The highest BCUT2D eigenvalue weighted by Gasteiger charge is 2.32. The van der Waals surface area contributed by atoms with E-state index >= 15 is 0 Å². The Kier molecular flexibility index (Phi) is 4.76. The molecule has 0 aromatic heterocycles. The zero-order valence-corrected chi connectivity index (χ0v) is 11.3. The van der Waals surface area contributed by atoms with E-state index in [0.717, 1.165) is 17.7 Å². The van der Waals surface area contributed by atoms with E-state index in [9.17, 15) is 4.79 Å². The fourth-order valence-corrected chi connectivity index (χ4v) is 2.17. The molecule has 1 heterocycles. The van der Waals surface area contributed by atoms with Crippen molar-refractivity contribution in [1.29, 1.82) is 0 Å². The van der Waals surface area contributed by atoms with Gasteiger partial charge in [-0.15, -0.1) is 0 Å². The molecule has 104 valence electrons. The number of nitrogens with one attached hydrogen (secondary N) is 2. The van der Waals surface area contributed by atoms with Gasteiger partial charge >= 0.3 is 5.97 Å². The molecule has 1 aliphatic rings. The van der Waals surface area contributed by atoms with Crippen LogP contribution in [-0.2, 0) is 9.53 Å². The molecule has 0 bridgehead atoms. The Morgan fingerprint density at radius 2 is 2.16 bits per heavy atom. The van der Waals surface area contributed by atoms with Crippen molar-refractivity contribution in [2.24, 2.45) is 0 Å². The van der Waals surface area contributed by atoms with Crippen molar-refractivity contribution in [2.45, 2.75) is 31.8 Å². The predicted octanol–water partition coefficient (Wildman–Crippen LogP) is 1.56. The van der Waals surface area contributed by atoms with E-state index in [-0.39, 0.29) is 18.1 Å². The molecule has 1 saturated heterocycles. The zero-order valence-electron chi connectivity index (χ0n) is 11.3. The van der Waals surface area contributed by atoms with Gasteiger partial charge in [-0.25, -0.2) is 10.9 Å². The smallest absolute Gasteiger partial charge is 0.324 e. The lowest BCUT2D eigenvalue weighted by Gasteiger charge is -2.15. The molecule has 1 aliphatic heterocycles. The van der Waals surface area contributed by atoms with Crippen LogP contribution in [0.3, 0.4) is 0 Å². The van der Waals surface area contributed by atoms with Crippen LogP contribution in [0.15, 0.2) is 24.3 Å². The van der Waals surface area contributed by atoms with Crippen LogP contribution in [0.1, 0.15) is 31.4 Å². The first-order valence-corrected chi connectivity index (χ1v) is 6.56. The molecule has 2 N–H and O–H groups in total. The molecule has 0 spiro atoms. The van der Waals surface area contributed by atoms with Gasteiger partial charge in [0.05, 0.1) is 19.8 Å². The standard InChI is InChI=1S/C14H20N2O3/c1-3-8-19-13-7-5-4-6-10(13)11-9-12(16-15-11)14(17)18-2/h4-7,11-12,15-16H,3,8-9H2,1-2H3. The SMILES string of the molecule is CCCOc1ccccc1C1CC(C(=O)OC)NN1. The molecule has 1 fully saturated rings. The lowest BCUT2D eigenvalue weighted by Crippen LogP contribution is -2.36. The summed E-state index contributed by atoms with van der Waals surface area (Å²) in [5, 5.41) is 0. The maximum absolute atomic E-state index is 11.5. The number of carbonyl (C=O) groups is 1. The summed E-state index contributed by atoms with van der Waals surface area (Å²) >= 11 is 0. The molecule has 0 aliphatic carbocycles. The maximum Gasteiger partial charge on any atom is 0.324 e. The van der Waals surface area contributed by atoms with Crippen LogP contribution in [0.5, 0.6) is 5.75 Å². The second-order valence-electron chi connectivity index (χ2n) is 4.54. The molecular weight excluding hydrogens is 244 g/mol. The van der Waals surface area contributed by atoms with E-state index in [0.29, 0.717) is 13.0 Å². The van der Waals surface area contributed by atoms with Crippen molar-refractivity contribution in [3.63, 3.8) is 0 Å². The topological polar surface area (TPSA) is 59.6 Å². The van der Waals surface area contributed by atoms with E-state index < -0.39 is 0 Å². The van der Waals surface area contributed by atoms with E-state index in [4.69, 9.17) is 9.47 Å². The Labute approximate surface area is 113 Å². The average molecular weight is 264 g/mol. The molecule has 2 atom stereocenters. The molecule has 19 heavy (non-hydrogen) atoms. The fourth-order valence-electron chi connectivity index (χ4n) is 2.17. The molecule has 0 radical (unpaired) electrons. The number of methoxy groups -OCH3 is 1. The lowest BCUT2D eigenvalue weighted by molar-refractivity contribution is -0.142. The summed E-state index contributed by atoms with van der Waals surface area (Å²) in [6, 6.07) is 7.64. The summed E-state index contributed by atoms with van der Waals surface area (Å²) in [5.74, 6) is 0.621. The average Bonchev–Trinajstić information content (AvgIpc) is 2.94. The summed E-state index contributed by atoms with van der Waals surface area (Å²) in [4.78, 5) is 11.5. The number of ether oxygens (including phenoxy) is 2. The van der Waals surface area contributed by atoms with Crippen molar-refractivity contribution in [3.8, 4) is 5.75 Å². The quantitative estimate of drug-likeness (QED) is 0.790. The number of para-hydroxylation sites is 1. The highest BCUT2D eigenvalue weighted by molar-refractivity contribution is 5.76. The first-order chi connectivity index (χ1) is 9.26. The van der Waals surface area contributed by atoms with Gasteiger partial charge in [-0.05, 0) is 18.9 Å². The summed E-state index contributed by atoms with van der Waals surface area (Å²) < 4.78 is 10.5. The van der Waals surface area contributed by atoms with Gasteiger partial charge in [-0.2, -0.15) is 0 Å². The molecule has 0 saturated carbocycles. The first kappa shape index (κ1) is 13.8. The molecule has 5 nitrogen and oxygen atoms in total. The van der Waals surface area contributed by atoms with Crippen LogP contribution >= 0.6 is 0 Å². The van der Waals surface area contributed by atoms with Crippen molar-refractivity contribution < 1.29 is 14.3 Å². The van der Waals surface area contributed by atoms with Gasteiger partial charge in [0.25, 0.3) is 0 Å². The summed E-state index contributed by atoms with van der Waals surface area (Å²) in [6.45, 7) is 2.77. The third kappa shape index (κ3) is 3.24.